The molecule has 0 bridgehead atoms. The van der Waals surface area contributed by atoms with Gasteiger partial charge in [-0.3, -0.25) is 0 Å². The molecule has 0 aliphatic carbocycles. The summed E-state index contributed by atoms with van der Waals surface area (Å²) in [5.41, 5.74) is 2.77. The minimum atomic E-state index is -3.37. The average molecular weight is 476 g/mol. The van der Waals surface area contributed by atoms with E-state index in [-0.39, 0.29) is 0 Å². The quantitative estimate of drug-likeness (QED) is 0.674. The van der Waals surface area contributed by atoms with Gasteiger partial charge >= 0.3 is 134 Å². The van der Waals surface area contributed by atoms with Crippen LogP contribution in [0.25, 0.3) is 11.1 Å². The Bertz CT molecular complexity index is 684. The van der Waals surface area contributed by atoms with Crippen LogP contribution in [0.5, 0.6) is 0 Å². The first-order valence-corrected chi connectivity index (χ1v) is 14.8. The summed E-state index contributed by atoms with van der Waals surface area (Å²) in [6.45, 7) is 4.01. The molecule has 102 valence electrons. The molecule has 0 aliphatic rings. The standard InChI is InChI=1S/C13H12NO2S.C2H5.Hg/c1-10-7-8-13(17(14,15)16)12(9-10)11-5-3-2-4-6-11;1-2;/h2-9H,1H3,(H-,14,15,16);1H2,2H3;/q-1;;+1. The molecule has 5 heteroatoms. The van der Waals surface area contributed by atoms with Gasteiger partial charge in [-0.1, -0.05) is 0 Å². The maximum absolute atomic E-state index is 12.4. The van der Waals surface area contributed by atoms with E-state index in [1.807, 2.05) is 56.3 Å². The van der Waals surface area contributed by atoms with Crippen molar-refractivity contribution in [2.75, 3.05) is 0 Å². The van der Waals surface area contributed by atoms with Crippen molar-refractivity contribution in [2.24, 2.45) is 0 Å². The first-order valence-electron chi connectivity index (χ1n) is 6.70. The Balaban J connectivity index is 2.55. The number of aryl methyl sites for hydroxylation is 1. The van der Waals surface area contributed by atoms with E-state index in [9.17, 15) is 8.42 Å². The molecule has 2 aromatic rings. The molecule has 1 N–H and O–H groups in total. The van der Waals surface area contributed by atoms with Gasteiger partial charge in [0.15, 0.2) is 0 Å². The van der Waals surface area contributed by atoms with Crippen molar-refractivity contribution in [3.8, 4) is 11.1 Å². The summed E-state index contributed by atoms with van der Waals surface area (Å²) in [4.78, 5) is 0.391. The summed E-state index contributed by atoms with van der Waals surface area (Å²) in [7, 11) is -3.37. The Labute approximate surface area is 133 Å². The zero-order valence-electron chi connectivity index (χ0n) is 11.8. The molecule has 0 unspecified atom stereocenters. The Morgan fingerprint density at radius 3 is 2.45 bits per heavy atom. The van der Waals surface area contributed by atoms with Crippen LogP contribution in [0.1, 0.15) is 12.5 Å². The number of hydrogen-bond donors (Lipinski definition) is 1. The summed E-state index contributed by atoms with van der Waals surface area (Å²) in [5, 5.41) is 0. The molecule has 0 atom stereocenters. The molecule has 2 rings (SSSR count). The number of sulfonamides is 1. The van der Waals surface area contributed by atoms with Crippen molar-refractivity contribution >= 4 is 10.0 Å². The Morgan fingerprint density at radius 1 is 1.10 bits per heavy atom. The number of nitrogens with one attached hydrogen (secondary N) is 1. The molecule has 2 aromatic carbocycles. The molecule has 0 spiro atoms. The van der Waals surface area contributed by atoms with Gasteiger partial charge in [0.1, 0.15) is 0 Å². The molecule has 0 aliphatic heterocycles. The van der Waals surface area contributed by atoms with Crippen LogP contribution >= 0.6 is 0 Å². The topological polar surface area (TPSA) is 46.2 Å². The Kier molecular flexibility index (Phi) is 5.35. The average Bonchev–Trinajstić information content (AvgIpc) is 2.46. The maximum atomic E-state index is 12.4. The van der Waals surface area contributed by atoms with E-state index in [1.165, 1.54) is 0 Å². The molecular weight excluding hydrogens is 459 g/mol. The van der Waals surface area contributed by atoms with Crippen LogP contribution in [-0.2, 0) is 34.9 Å². The molecular formula is C15H17HgNO2S. The van der Waals surface area contributed by atoms with Crippen molar-refractivity contribution in [3.05, 3.63) is 54.1 Å². The van der Waals surface area contributed by atoms with E-state index in [4.69, 9.17) is 0 Å². The van der Waals surface area contributed by atoms with Gasteiger partial charge in [-0.2, -0.15) is 0 Å². The summed E-state index contributed by atoms with van der Waals surface area (Å²) in [6.07, 6.45) is 0. The zero-order valence-corrected chi connectivity index (χ0v) is 18.1. The van der Waals surface area contributed by atoms with Crippen molar-refractivity contribution in [2.45, 2.75) is 22.7 Å². The zero-order chi connectivity index (χ0) is 14.6. The van der Waals surface area contributed by atoms with E-state index in [0.29, 0.717) is 4.90 Å². The third kappa shape index (κ3) is 3.68. The van der Waals surface area contributed by atoms with Gasteiger partial charge in [0, 0.05) is 0 Å². The first-order chi connectivity index (χ1) is 9.54. The van der Waals surface area contributed by atoms with Crippen LogP contribution in [-0.4, -0.2) is 8.42 Å². The van der Waals surface area contributed by atoms with E-state index in [1.54, 1.807) is 6.07 Å². The summed E-state index contributed by atoms with van der Waals surface area (Å²) in [6, 6.07) is 15.2. The fraction of sp³-hybridized carbons (Fsp3) is 0.200. The van der Waals surface area contributed by atoms with Gasteiger partial charge in [0.05, 0.1) is 0 Å². The first kappa shape index (κ1) is 15.7. The Morgan fingerprint density at radius 2 is 1.80 bits per heavy atom. The van der Waals surface area contributed by atoms with Gasteiger partial charge in [0.2, 0.25) is 0 Å². The van der Waals surface area contributed by atoms with Gasteiger partial charge in [0.25, 0.3) is 0 Å². The SMILES string of the molecule is C[CH2][Hg][NH]S(=O)(=O)c1ccc(C)cc1-c1ccccc1. The Hall–Kier alpha value is -0.715. The molecule has 0 heterocycles. The van der Waals surface area contributed by atoms with Crippen molar-refractivity contribution < 1.29 is 33.3 Å². The van der Waals surface area contributed by atoms with Crippen molar-refractivity contribution in [3.63, 3.8) is 0 Å². The van der Waals surface area contributed by atoms with Crippen molar-refractivity contribution in [1.82, 2.24) is 2.49 Å². The van der Waals surface area contributed by atoms with Crippen LogP contribution in [0.2, 0.25) is 3.93 Å². The molecule has 0 amide bonds. The van der Waals surface area contributed by atoms with Gasteiger partial charge in [-0.05, 0) is 0 Å². The predicted octanol–water partition coefficient (Wildman–Crippen LogP) is 3.38. The second-order valence-corrected chi connectivity index (χ2v) is 15.7. The van der Waals surface area contributed by atoms with Crippen molar-refractivity contribution in [1.29, 1.82) is 0 Å². The van der Waals surface area contributed by atoms with E-state index in [0.717, 1.165) is 20.6 Å². The second-order valence-electron chi connectivity index (χ2n) is 4.76. The summed E-state index contributed by atoms with van der Waals surface area (Å²) >= 11 is -1.50. The molecule has 3 nitrogen and oxygen atoms in total. The van der Waals surface area contributed by atoms with Crippen LogP contribution < -0.4 is 2.49 Å². The van der Waals surface area contributed by atoms with E-state index in [2.05, 4.69) is 2.49 Å². The van der Waals surface area contributed by atoms with Crippen LogP contribution in [0.4, 0.5) is 0 Å². The van der Waals surface area contributed by atoms with Crippen LogP contribution in [0.15, 0.2) is 53.4 Å². The second kappa shape index (κ2) is 6.83. The molecule has 0 saturated carbocycles. The molecule has 0 saturated heterocycles. The fourth-order valence-corrected chi connectivity index (χ4v) is 10.7. The summed E-state index contributed by atoms with van der Waals surface area (Å²) in [5.74, 6) is 0. The van der Waals surface area contributed by atoms with Crippen LogP contribution in [0, 0.1) is 6.92 Å². The number of rotatable bonds is 5. The van der Waals surface area contributed by atoms with Gasteiger partial charge in [-0.15, -0.1) is 0 Å². The van der Waals surface area contributed by atoms with Gasteiger partial charge in [-0.25, -0.2) is 0 Å². The number of hydrogen-bond acceptors (Lipinski definition) is 2. The molecule has 0 aromatic heterocycles. The molecule has 0 radical (unpaired) electrons. The van der Waals surface area contributed by atoms with E-state index >= 15 is 0 Å². The van der Waals surface area contributed by atoms with Crippen LogP contribution in [0.3, 0.4) is 0 Å². The molecule has 20 heavy (non-hydrogen) atoms. The predicted molar refractivity (Wildman–Crippen MR) is 77.4 cm³/mol. The summed E-state index contributed by atoms with van der Waals surface area (Å²) < 4.78 is 28.7. The monoisotopic (exact) mass is 477 g/mol. The third-order valence-corrected chi connectivity index (χ3v) is 13.3. The van der Waals surface area contributed by atoms with Gasteiger partial charge < -0.3 is 0 Å². The third-order valence-electron chi connectivity index (χ3n) is 3.05. The normalized spacial score (nSPS) is 11.1. The fourth-order valence-electron chi connectivity index (χ4n) is 2.04. The van der Waals surface area contributed by atoms with E-state index < -0.39 is 34.9 Å². The number of benzene rings is 2. The molecule has 0 fully saturated rings. The minimum absolute atomic E-state index is 0.391.